The topological polar surface area (TPSA) is 69.4 Å². The summed E-state index contributed by atoms with van der Waals surface area (Å²) < 4.78 is 19.9. The van der Waals surface area contributed by atoms with E-state index in [1.54, 1.807) is 6.92 Å². The van der Waals surface area contributed by atoms with E-state index in [0.29, 0.717) is 6.42 Å². The zero-order valence-corrected chi connectivity index (χ0v) is 12.5. The smallest absolute Gasteiger partial charge is 0.306 e. The van der Waals surface area contributed by atoms with E-state index in [2.05, 4.69) is 0 Å². The van der Waals surface area contributed by atoms with E-state index in [1.165, 1.54) is 0 Å². The first-order valence-corrected chi connectivity index (χ1v) is 7.81. The van der Waals surface area contributed by atoms with Gasteiger partial charge in [-0.05, 0) is 43.9 Å². The number of hydrogen-bond donors (Lipinski definition) is 0. The van der Waals surface area contributed by atoms with E-state index in [-0.39, 0.29) is 54.1 Å². The standard InChI is InChI=1S/C15H22FNO4/c1-3-21-12(18)7-14(8-17(19)20)10-5-4-9(2)15(16)6-11(14)13(10)15/h9-11,13H,3-8H2,1-2H3/t9-,10+,11-,13-,14-,15?/m1/s1. The molecule has 118 valence electrons. The van der Waals surface area contributed by atoms with E-state index in [1.807, 2.05) is 6.92 Å². The number of carbonyl (C=O) groups is 1. The van der Waals surface area contributed by atoms with Crippen LogP contribution in [0.5, 0.6) is 0 Å². The van der Waals surface area contributed by atoms with E-state index >= 15 is 0 Å². The number of nitrogens with zero attached hydrogens (tertiary/aromatic N) is 1. The van der Waals surface area contributed by atoms with E-state index in [4.69, 9.17) is 4.74 Å². The summed E-state index contributed by atoms with van der Waals surface area (Å²) in [5, 5.41) is 11.1. The van der Waals surface area contributed by atoms with Gasteiger partial charge in [-0.3, -0.25) is 14.9 Å². The Morgan fingerprint density at radius 3 is 2.76 bits per heavy atom. The molecule has 6 heteroatoms. The maximum absolute atomic E-state index is 14.9. The summed E-state index contributed by atoms with van der Waals surface area (Å²) in [5.41, 5.74) is -1.82. The van der Waals surface area contributed by atoms with Crippen LogP contribution in [0.1, 0.15) is 39.5 Å². The van der Waals surface area contributed by atoms with Gasteiger partial charge >= 0.3 is 5.97 Å². The number of alkyl halides is 1. The van der Waals surface area contributed by atoms with Crippen LogP contribution in [0.3, 0.4) is 0 Å². The van der Waals surface area contributed by atoms with E-state index < -0.39 is 11.1 Å². The first-order chi connectivity index (χ1) is 9.85. The maximum Gasteiger partial charge on any atom is 0.306 e. The predicted octanol–water partition coefficient (Wildman–Crippen LogP) is 2.61. The SMILES string of the molecule is CCOC(=O)C[C@]1(C[N+](=O)[O-])[C@@H]2CC3(F)[C@@H]2[C@@H]1CC[C@H]3C. The fourth-order valence-corrected chi connectivity index (χ4v) is 5.40. The second-order valence-corrected chi connectivity index (χ2v) is 7.05. The van der Waals surface area contributed by atoms with Crippen LogP contribution >= 0.6 is 0 Å². The molecule has 1 unspecified atom stereocenters. The Hall–Kier alpha value is -1.20. The first kappa shape index (κ1) is 14.7. The second-order valence-electron chi connectivity index (χ2n) is 7.05. The molecule has 0 amide bonds. The monoisotopic (exact) mass is 299 g/mol. The van der Waals surface area contributed by atoms with Gasteiger partial charge in [-0.15, -0.1) is 0 Å². The van der Waals surface area contributed by atoms with Gasteiger partial charge in [-0.2, -0.15) is 0 Å². The van der Waals surface area contributed by atoms with Crippen LogP contribution in [-0.2, 0) is 9.53 Å². The molecular weight excluding hydrogens is 277 g/mol. The predicted molar refractivity (Wildman–Crippen MR) is 72.9 cm³/mol. The van der Waals surface area contributed by atoms with Crippen molar-refractivity contribution in [2.75, 3.05) is 13.2 Å². The molecular formula is C15H22FNO4. The third-order valence-electron chi connectivity index (χ3n) is 6.36. The Morgan fingerprint density at radius 1 is 1.43 bits per heavy atom. The molecule has 0 saturated heterocycles. The third-order valence-corrected chi connectivity index (χ3v) is 6.36. The minimum atomic E-state index is -1.15. The molecule has 3 rings (SSSR count). The Kier molecular flexibility index (Phi) is 3.26. The summed E-state index contributed by atoms with van der Waals surface area (Å²) in [6.45, 7) is 3.70. The van der Waals surface area contributed by atoms with Crippen molar-refractivity contribution < 1.29 is 18.8 Å². The Bertz CT molecular complexity index is 484. The number of hydrogen-bond acceptors (Lipinski definition) is 4. The summed E-state index contributed by atoms with van der Waals surface area (Å²) in [5.74, 6) is -0.480. The molecule has 0 radical (unpaired) electrons. The molecule has 6 atom stereocenters. The Labute approximate surface area is 123 Å². The molecule has 3 saturated carbocycles. The van der Waals surface area contributed by atoms with Crippen LogP contribution in [0, 0.1) is 39.2 Å². The average Bonchev–Trinajstić information content (AvgIpc) is 2.37. The molecule has 0 aliphatic heterocycles. The van der Waals surface area contributed by atoms with Gasteiger partial charge in [-0.25, -0.2) is 4.39 Å². The minimum absolute atomic E-state index is 0.0231. The molecule has 5 nitrogen and oxygen atoms in total. The molecule has 0 N–H and O–H groups in total. The fourth-order valence-electron chi connectivity index (χ4n) is 5.40. The van der Waals surface area contributed by atoms with Crippen LogP contribution in [0.15, 0.2) is 0 Å². The lowest BCUT2D eigenvalue weighted by Crippen LogP contribution is -2.77. The van der Waals surface area contributed by atoms with Gasteiger partial charge in [0, 0.05) is 10.8 Å². The summed E-state index contributed by atoms with van der Waals surface area (Å²) in [7, 11) is 0. The molecule has 0 bridgehead atoms. The quantitative estimate of drug-likeness (QED) is 0.444. The van der Waals surface area contributed by atoms with Crippen molar-refractivity contribution in [2.24, 2.45) is 29.1 Å². The summed E-state index contributed by atoms with van der Waals surface area (Å²) in [6.07, 6.45) is 1.99. The van der Waals surface area contributed by atoms with Crippen molar-refractivity contribution in [3.8, 4) is 0 Å². The highest BCUT2D eigenvalue weighted by molar-refractivity contribution is 5.71. The molecule has 21 heavy (non-hydrogen) atoms. The van der Waals surface area contributed by atoms with Gasteiger partial charge in [0.15, 0.2) is 0 Å². The Balaban J connectivity index is 1.83. The number of carbonyl (C=O) groups excluding carboxylic acids is 1. The van der Waals surface area contributed by atoms with Gasteiger partial charge in [-0.1, -0.05) is 6.92 Å². The maximum atomic E-state index is 14.9. The molecule has 3 aliphatic rings. The normalized spacial score (nSPS) is 46.8. The van der Waals surface area contributed by atoms with Gasteiger partial charge in [0.05, 0.1) is 18.4 Å². The molecule has 0 aromatic heterocycles. The van der Waals surface area contributed by atoms with E-state index in [0.717, 1.165) is 12.8 Å². The number of esters is 1. The molecule has 3 aliphatic carbocycles. The van der Waals surface area contributed by atoms with Gasteiger partial charge in [0.1, 0.15) is 5.67 Å². The highest BCUT2D eigenvalue weighted by atomic mass is 19.1. The average molecular weight is 299 g/mol. The van der Waals surface area contributed by atoms with Gasteiger partial charge in [0.2, 0.25) is 6.54 Å². The van der Waals surface area contributed by atoms with Crippen LogP contribution < -0.4 is 0 Å². The van der Waals surface area contributed by atoms with E-state index in [9.17, 15) is 19.3 Å². The fraction of sp³-hybridized carbons (Fsp3) is 0.933. The minimum Gasteiger partial charge on any atom is -0.466 e. The summed E-state index contributed by atoms with van der Waals surface area (Å²) >= 11 is 0. The van der Waals surface area contributed by atoms with Gasteiger partial charge < -0.3 is 4.74 Å². The van der Waals surface area contributed by atoms with Crippen molar-refractivity contribution in [3.05, 3.63) is 10.1 Å². The molecule has 0 heterocycles. The second kappa shape index (κ2) is 4.65. The number of rotatable bonds is 5. The lowest BCUT2D eigenvalue weighted by atomic mass is 9.29. The number of halogens is 1. The van der Waals surface area contributed by atoms with Gasteiger partial charge in [0.25, 0.3) is 0 Å². The molecule has 0 aromatic carbocycles. The summed E-state index contributed by atoms with van der Waals surface area (Å²) in [6, 6.07) is 0. The van der Waals surface area contributed by atoms with Crippen molar-refractivity contribution in [2.45, 2.75) is 45.2 Å². The van der Waals surface area contributed by atoms with Crippen LogP contribution in [0.25, 0.3) is 0 Å². The summed E-state index contributed by atoms with van der Waals surface area (Å²) in [4.78, 5) is 22.6. The van der Waals surface area contributed by atoms with Crippen LogP contribution in [-0.4, -0.2) is 29.7 Å². The first-order valence-electron chi connectivity index (χ1n) is 7.81. The van der Waals surface area contributed by atoms with Crippen molar-refractivity contribution in [1.29, 1.82) is 0 Å². The zero-order chi connectivity index (χ0) is 15.4. The number of ether oxygens (including phenoxy) is 1. The van der Waals surface area contributed by atoms with Crippen LogP contribution in [0.2, 0.25) is 0 Å². The lowest BCUT2D eigenvalue weighted by molar-refractivity contribution is -0.523. The highest BCUT2D eigenvalue weighted by Gasteiger charge is 2.79. The number of nitro groups is 1. The largest absolute Gasteiger partial charge is 0.466 e. The highest BCUT2D eigenvalue weighted by Crippen LogP contribution is 2.77. The van der Waals surface area contributed by atoms with Crippen LogP contribution in [0.4, 0.5) is 4.39 Å². The van der Waals surface area contributed by atoms with Crippen molar-refractivity contribution in [3.63, 3.8) is 0 Å². The van der Waals surface area contributed by atoms with Crippen molar-refractivity contribution >= 4 is 5.97 Å². The molecule has 0 spiro atoms. The Morgan fingerprint density at radius 2 is 2.14 bits per heavy atom. The third kappa shape index (κ3) is 1.83. The van der Waals surface area contributed by atoms with Crippen molar-refractivity contribution in [1.82, 2.24) is 0 Å². The lowest BCUT2D eigenvalue weighted by Gasteiger charge is -2.74. The molecule has 0 aromatic rings. The zero-order valence-electron chi connectivity index (χ0n) is 12.5. The molecule has 3 fully saturated rings.